The number of hydrogen-bond acceptors (Lipinski definition) is 2. The molecule has 2 heterocycles. The summed E-state index contributed by atoms with van der Waals surface area (Å²) in [6.07, 6.45) is 0.859. The Labute approximate surface area is 740 Å². The van der Waals surface area contributed by atoms with Crippen LogP contribution >= 0.6 is 0 Å². The maximum atomic E-state index is 2.84. The maximum absolute atomic E-state index is 2.84. The molecule has 16 rings (SSSR count). The van der Waals surface area contributed by atoms with Crippen LogP contribution in [0.25, 0.3) is 66.8 Å². The Bertz CT molecular complexity index is 5650. The summed E-state index contributed by atoms with van der Waals surface area (Å²) in [5.74, 6) is -0.431. The molecule has 3 aliphatic rings. The van der Waals surface area contributed by atoms with Crippen molar-refractivity contribution in [1.82, 2.24) is 0 Å². The van der Waals surface area contributed by atoms with Crippen molar-refractivity contribution in [3.05, 3.63) is 355 Å². The van der Waals surface area contributed by atoms with Crippen LogP contribution in [0.1, 0.15) is 320 Å². The Morgan fingerprint density at radius 3 is 0.699 bits per heavy atom. The third-order valence-electron chi connectivity index (χ3n) is 27.2. The van der Waals surface area contributed by atoms with Crippen LogP contribution in [0.3, 0.4) is 0 Å². The zero-order valence-electron chi connectivity index (χ0n) is 80.0. The molecule has 13 aromatic rings. The van der Waals surface area contributed by atoms with Crippen LogP contribution < -0.4 is 9.80 Å². The number of anilines is 6. The minimum Gasteiger partial charge on any atom is -0.309 e. The molecule has 2 heteroatoms. The second kappa shape index (κ2) is 30.1. The third kappa shape index (κ3) is 16.4. The van der Waals surface area contributed by atoms with Crippen LogP contribution in [0, 0.1) is 0 Å². The Balaban J connectivity index is 1.16. The highest BCUT2D eigenvalue weighted by molar-refractivity contribution is 6.08. The molecule has 0 unspecified atom stereocenters. The average molecular weight is 1620 g/mol. The van der Waals surface area contributed by atoms with E-state index in [4.69, 9.17) is 0 Å². The van der Waals surface area contributed by atoms with Crippen molar-refractivity contribution in [2.24, 2.45) is 0 Å². The first-order valence-corrected chi connectivity index (χ1v) is 45.6. The minimum absolute atomic E-state index is 0.0773. The Morgan fingerprint density at radius 2 is 0.439 bits per heavy atom. The van der Waals surface area contributed by atoms with Gasteiger partial charge in [-0.05, 0) is 248 Å². The number of fused-ring (bicyclic) bond motifs is 6. The highest BCUT2D eigenvalue weighted by Gasteiger charge is 2.46. The number of rotatable bonds is 9. The van der Waals surface area contributed by atoms with Crippen LogP contribution in [0.4, 0.5) is 34.1 Å². The lowest BCUT2D eigenvalue weighted by Crippen LogP contribution is -2.31. The van der Waals surface area contributed by atoms with Crippen molar-refractivity contribution >= 4 is 34.1 Å². The molecule has 0 bridgehead atoms. The summed E-state index contributed by atoms with van der Waals surface area (Å²) >= 11 is 0. The van der Waals surface area contributed by atoms with E-state index >= 15 is 0 Å². The van der Waals surface area contributed by atoms with Crippen molar-refractivity contribution in [3.8, 4) is 66.8 Å². The second-order valence-electron chi connectivity index (χ2n) is 46.9. The van der Waals surface area contributed by atoms with Gasteiger partial charge in [0.25, 0.3) is 0 Å². The van der Waals surface area contributed by atoms with Crippen LogP contribution in [0.15, 0.2) is 255 Å². The number of benzene rings is 13. The molecule has 630 valence electrons. The number of nitrogens with zero attached hydrogens (tertiary/aromatic N) is 2. The van der Waals surface area contributed by atoms with Gasteiger partial charge in [-0.2, -0.15) is 0 Å². The zero-order chi connectivity index (χ0) is 88.5. The van der Waals surface area contributed by atoms with Gasteiger partial charge in [-0.3, -0.25) is 0 Å². The van der Waals surface area contributed by atoms with E-state index in [9.17, 15) is 0 Å². The topological polar surface area (TPSA) is 6.48 Å². The molecule has 1 aliphatic carbocycles. The molecule has 0 fully saturated rings. The molecule has 0 N–H and O–H groups in total. The lowest BCUT2D eigenvalue weighted by Gasteiger charge is -2.47. The molecule has 13 aromatic carbocycles. The van der Waals surface area contributed by atoms with Gasteiger partial charge in [-0.1, -0.05) is 414 Å². The van der Waals surface area contributed by atoms with Crippen molar-refractivity contribution < 1.29 is 0 Å². The maximum Gasteiger partial charge on any atom is 0.0618 e. The van der Waals surface area contributed by atoms with E-state index in [2.05, 4.69) is 472 Å². The normalized spacial score (nSPS) is 14.3. The predicted octanol–water partition coefficient (Wildman–Crippen LogP) is 34.5. The minimum atomic E-state index is -0.275. The molecule has 0 saturated heterocycles. The monoisotopic (exact) mass is 1620 g/mol. The van der Waals surface area contributed by atoms with Gasteiger partial charge >= 0.3 is 0 Å². The molecule has 2 aliphatic heterocycles. The summed E-state index contributed by atoms with van der Waals surface area (Å²) in [6.45, 7) is 71.1. The van der Waals surface area contributed by atoms with Crippen LogP contribution in [0.2, 0.25) is 0 Å². The van der Waals surface area contributed by atoms with Crippen molar-refractivity contribution in [2.45, 2.75) is 280 Å². The first kappa shape index (κ1) is 86.0. The SMILES string of the molecule is CC(C)(C)c1ccc(-c2cc(C(C)(C)C)cc(-c3ccc(C(C)(C)C)cc3)c2N2c3cc(-c4cc(C(C)(C)C)cc(C(C)(C)C)c4)ccc3C3c4ccc(-c5cc(C(C)(C)C)cc(C(C)(C)C)c5)cc4N(c4c(-c5ccc(C(C)(C)C)cc5)cc(C(C)(C)C)cc4-c4ccc(C(C)(C)C)cc4)c4cc(C5c6ccccc6Cc6ccccc65)cc2c43)cc1. The van der Waals surface area contributed by atoms with Crippen LogP contribution in [-0.4, -0.2) is 0 Å². The molecule has 0 atom stereocenters. The summed E-state index contributed by atoms with van der Waals surface area (Å²) in [5, 5.41) is 0. The Kier molecular flexibility index (Phi) is 21.1. The molecule has 0 aromatic heterocycles. The molecule has 2 nitrogen and oxygen atoms in total. The third-order valence-corrected chi connectivity index (χ3v) is 27.2. The zero-order valence-corrected chi connectivity index (χ0v) is 80.0. The van der Waals surface area contributed by atoms with Gasteiger partial charge in [0.1, 0.15) is 0 Å². The Hall–Kier alpha value is -10.5. The first-order valence-electron chi connectivity index (χ1n) is 45.6. The summed E-state index contributed by atoms with van der Waals surface area (Å²) in [7, 11) is 0. The van der Waals surface area contributed by atoms with Crippen molar-refractivity contribution in [3.63, 3.8) is 0 Å². The predicted molar refractivity (Wildman–Crippen MR) is 533 cm³/mol. The average Bonchev–Trinajstić information content (AvgIpc) is 0.681. The van der Waals surface area contributed by atoms with Crippen LogP contribution in [0.5, 0.6) is 0 Å². The van der Waals surface area contributed by atoms with E-state index in [1.807, 2.05) is 0 Å². The fourth-order valence-corrected chi connectivity index (χ4v) is 19.1. The van der Waals surface area contributed by atoms with Crippen molar-refractivity contribution in [2.75, 3.05) is 9.80 Å². The van der Waals surface area contributed by atoms with Gasteiger partial charge in [0.15, 0.2) is 0 Å². The van der Waals surface area contributed by atoms with E-state index in [-0.39, 0.29) is 66.0 Å². The first-order chi connectivity index (χ1) is 57.3. The summed E-state index contributed by atoms with van der Waals surface area (Å²) < 4.78 is 0. The van der Waals surface area contributed by atoms with E-state index < -0.39 is 0 Å². The Morgan fingerprint density at radius 1 is 0.195 bits per heavy atom. The molecule has 0 radical (unpaired) electrons. The van der Waals surface area contributed by atoms with Gasteiger partial charge in [0, 0.05) is 39.7 Å². The molecule has 0 amide bonds. The lowest BCUT2D eigenvalue weighted by molar-refractivity contribution is 0.568. The van der Waals surface area contributed by atoms with E-state index in [1.54, 1.807) is 0 Å². The lowest BCUT2D eigenvalue weighted by atomic mass is 9.71. The summed E-state index contributed by atoms with van der Waals surface area (Å²) in [5.41, 5.74) is 43.5. The summed E-state index contributed by atoms with van der Waals surface area (Å²) in [4.78, 5) is 5.68. The molecule has 0 saturated carbocycles. The second-order valence-corrected chi connectivity index (χ2v) is 46.9. The molecular weight excluding hydrogens is 1480 g/mol. The van der Waals surface area contributed by atoms with Gasteiger partial charge in [-0.15, -0.1) is 0 Å². The standard InChI is InChI=1S/C121H136N2/c1-112(2,3)85-49-39-74(40-50-85)99-70-93(120(25,26)27)71-100(75-41-51-86(52-42-75)113(4,5)6)110(99)122-103-64-78(82-60-89(116(13,14)15)68-90(61-82)117(16,17)18)47-57-97(103)108-98-58-48-79(83-62-91(118(19,20)21)69-92(63-83)119(22,23)24)65-104(98)123(106-67-84(66-105(122)109(106)108)107-95-37-33-31-35-80(95)59-81-36-32-34-38-96(81)107)111-101(76-43-53-87(54-44-76)114(7,8)9)72-94(121(28,29)30)73-102(111)77-45-55-88(56-46-77)115(10,11)12/h31-58,60-73,107-108H,59H2,1-30H3. The fourth-order valence-electron chi connectivity index (χ4n) is 19.1. The highest BCUT2D eigenvalue weighted by atomic mass is 15.2. The van der Waals surface area contributed by atoms with E-state index in [0.717, 1.165) is 17.8 Å². The van der Waals surface area contributed by atoms with Gasteiger partial charge < -0.3 is 9.80 Å². The van der Waals surface area contributed by atoms with E-state index in [1.165, 1.54) is 190 Å². The molecule has 123 heavy (non-hydrogen) atoms. The van der Waals surface area contributed by atoms with Gasteiger partial charge in [-0.25, -0.2) is 0 Å². The molecular formula is C121H136N2. The quantitative estimate of drug-likeness (QED) is 0.142. The number of hydrogen-bond donors (Lipinski definition) is 0. The highest BCUT2D eigenvalue weighted by Crippen LogP contribution is 2.66. The van der Waals surface area contributed by atoms with E-state index in [0.29, 0.717) is 0 Å². The smallest absolute Gasteiger partial charge is 0.0618 e. The van der Waals surface area contributed by atoms with Gasteiger partial charge in [0.05, 0.1) is 34.1 Å². The van der Waals surface area contributed by atoms with Gasteiger partial charge in [0.2, 0.25) is 0 Å². The van der Waals surface area contributed by atoms with Crippen LogP contribution in [-0.2, 0) is 60.6 Å². The summed E-state index contributed by atoms with van der Waals surface area (Å²) in [6, 6.07) is 104. The largest absolute Gasteiger partial charge is 0.309 e. The molecule has 0 spiro atoms. The van der Waals surface area contributed by atoms with Crippen molar-refractivity contribution in [1.29, 1.82) is 0 Å². The fraction of sp³-hybridized carbons (Fsp3) is 0.355.